The highest BCUT2D eigenvalue weighted by Crippen LogP contribution is 2.36. The molecule has 0 aliphatic carbocycles. The molecule has 8 nitrogen and oxygen atoms in total. The lowest BCUT2D eigenvalue weighted by Gasteiger charge is -2.45. The number of hydrogen-bond donors (Lipinski definition) is 3. The number of pyridine rings is 1. The van der Waals surface area contributed by atoms with Crippen LogP contribution in [-0.2, 0) is 5.60 Å². The van der Waals surface area contributed by atoms with Crippen molar-refractivity contribution in [2.45, 2.75) is 18.6 Å². The number of aliphatic hydroxyl groups is 2. The van der Waals surface area contributed by atoms with E-state index in [9.17, 15) is 15.2 Å². The van der Waals surface area contributed by atoms with Crippen LogP contribution in [0.2, 0.25) is 10.0 Å². The van der Waals surface area contributed by atoms with Gasteiger partial charge in [0.1, 0.15) is 5.60 Å². The predicted molar refractivity (Wildman–Crippen MR) is 147 cm³/mol. The SMILES string of the molecule is C[C@@](O)(CN1CCN(c2ccc(C#N)cc2Cl)[C@H](c2ccc(Cl)cc2)C1)c1ccc(C(=O)NCCO)cn1. The molecule has 2 aromatic carbocycles. The summed E-state index contributed by atoms with van der Waals surface area (Å²) in [4.78, 5) is 20.9. The van der Waals surface area contributed by atoms with Crippen LogP contribution in [0.1, 0.15) is 40.1 Å². The molecule has 4 rings (SSSR count). The number of aromatic nitrogens is 1. The van der Waals surface area contributed by atoms with E-state index in [4.69, 9.17) is 28.3 Å². The third-order valence-corrected chi connectivity index (χ3v) is 7.17. The van der Waals surface area contributed by atoms with Gasteiger partial charge in [-0.25, -0.2) is 0 Å². The highest BCUT2D eigenvalue weighted by molar-refractivity contribution is 6.33. The van der Waals surface area contributed by atoms with Gasteiger partial charge in [-0.05, 0) is 55.0 Å². The Morgan fingerprint density at radius 1 is 1.18 bits per heavy atom. The molecule has 1 aliphatic rings. The van der Waals surface area contributed by atoms with Crippen molar-refractivity contribution in [3.63, 3.8) is 0 Å². The first-order valence-electron chi connectivity index (χ1n) is 12.2. The molecule has 1 amide bonds. The van der Waals surface area contributed by atoms with Crippen LogP contribution in [0.15, 0.2) is 60.8 Å². The maximum Gasteiger partial charge on any atom is 0.252 e. The Kier molecular flexibility index (Phi) is 8.87. The van der Waals surface area contributed by atoms with Crippen molar-refractivity contribution in [1.29, 1.82) is 5.26 Å². The van der Waals surface area contributed by atoms with Gasteiger partial charge in [0.15, 0.2) is 0 Å². The van der Waals surface area contributed by atoms with Crippen LogP contribution < -0.4 is 10.2 Å². The van der Waals surface area contributed by atoms with E-state index in [0.717, 1.165) is 11.3 Å². The number of amides is 1. The van der Waals surface area contributed by atoms with E-state index < -0.39 is 5.60 Å². The Morgan fingerprint density at radius 2 is 1.95 bits per heavy atom. The summed E-state index contributed by atoms with van der Waals surface area (Å²) in [5, 5.41) is 33.2. The van der Waals surface area contributed by atoms with E-state index >= 15 is 0 Å². The molecule has 0 bridgehead atoms. The van der Waals surface area contributed by atoms with Crippen LogP contribution in [-0.4, -0.2) is 65.3 Å². The summed E-state index contributed by atoms with van der Waals surface area (Å²) < 4.78 is 0. The number of carbonyl (C=O) groups excluding carboxylic acids is 1. The van der Waals surface area contributed by atoms with Gasteiger partial charge in [0.25, 0.3) is 5.91 Å². The number of rotatable bonds is 8. The summed E-state index contributed by atoms with van der Waals surface area (Å²) in [5.41, 5.74) is 1.94. The van der Waals surface area contributed by atoms with Crippen LogP contribution in [0.4, 0.5) is 5.69 Å². The largest absolute Gasteiger partial charge is 0.395 e. The lowest BCUT2D eigenvalue weighted by Crippen LogP contribution is -2.52. The molecule has 1 aromatic heterocycles. The van der Waals surface area contributed by atoms with Crippen LogP contribution in [0.25, 0.3) is 0 Å². The van der Waals surface area contributed by atoms with E-state index in [2.05, 4.69) is 26.2 Å². The maximum absolute atomic E-state index is 12.1. The van der Waals surface area contributed by atoms with Crippen LogP contribution >= 0.6 is 23.2 Å². The van der Waals surface area contributed by atoms with Gasteiger partial charge in [-0.3, -0.25) is 14.7 Å². The first kappa shape index (κ1) is 27.8. The molecule has 2 heterocycles. The molecule has 38 heavy (non-hydrogen) atoms. The van der Waals surface area contributed by atoms with Gasteiger partial charge in [-0.1, -0.05) is 35.3 Å². The number of halogens is 2. The fourth-order valence-corrected chi connectivity index (χ4v) is 5.10. The normalized spacial score (nSPS) is 17.5. The molecule has 3 aromatic rings. The third kappa shape index (κ3) is 6.44. The minimum Gasteiger partial charge on any atom is -0.395 e. The van der Waals surface area contributed by atoms with Crippen molar-refractivity contribution in [3.8, 4) is 6.07 Å². The fraction of sp³-hybridized carbons (Fsp3) is 0.321. The molecular weight excluding hydrogens is 525 g/mol. The number of nitriles is 1. The predicted octanol–water partition coefficient (Wildman–Crippen LogP) is 3.75. The second kappa shape index (κ2) is 12.1. The molecule has 0 radical (unpaired) electrons. The van der Waals surface area contributed by atoms with Crippen molar-refractivity contribution in [2.75, 3.05) is 44.2 Å². The van der Waals surface area contributed by atoms with Gasteiger partial charge in [-0.15, -0.1) is 0 Å². The molecule has 198 valence electrons. The van der Waals surface area contributed by atoms with Gasteiger partial charge in [0.05, 0.1) is 46.2 Å². The summed E-state index contributed by atoms with van der Waals surface area (Å²) in [6, 6.07) is 18.3. The van der Waals surface area contributed by atoms with Crippen molar-refractivity contribution in [1.82, 2.24) is 15.2 Å². The number of anilines is 1. The Balaban J connectivity index is 1.54. The molecule has 0 unspecified atom stereocenters. The zero-order valence-electron chi connectivity index (χ0n) is 20.9. The lowest BCUT2D eigenvalue weighted by molar-refractivity contribution is 0.00674. The number of nitrogens with zero attached hydrogens (tertiary/aromatic N) is 4. The summed E-state index contributed by atoms with van der Waals surface area (Å²) >= 11 is 12.7. The maximum atomic E-state index is 12.1. The first-order valence-corrected chi connectivity index (χ1v) is 13.0. The molecular formula is C28H29Cl2N5O3. The average molecular weight is 554 g/mol. The Morgan fingerprint density at radius 3 is 2.58 bits per heavy atom. The number of hydrogen-bond acceptors (Lipinski definition) is 7. The quantitative estimate of drug-likeness (QED) is 0.389. The van der Waals surface area contributed by atoms with Gasteiger partial charge in [-0.2, -0.15) is 5.26 Å². The van der Waals surface area contributed by atoms with E-state index in [-0.39, 0.29) is 25.1 Å². The summed E-state index contributed by atoms with van der Waals surface area (Å²) in [7, 11) is 0. The van der Waals surface area contributed by atoms with E-state index in [1.54, 1.807) is 31.2 Å². The average Bonchev–Trinajstić information content (AvgIpc) is 2.92. The Labute approximate surface area is 232 Å². The summed E-state index contributed by atoms with van der Waals surface area (Å²) in [6.07, 6.45) is 1.43. The molecule has 2 atom stereocenters. The highest BCUT2D eigenvalue weighted by Gasteiger charge is 2.34. The topological polar surface area (TPSA) is 113 Å². The van der Waals surface area contributed by atoms with Crippen molar-refractivity contribution in [3.05, 3.63) is 93.2 Å². The molecule has 1 fully saturated rings. The van der Waals surface area contributed by atoms with E-state index in [1.807, 2.05) is 30.3 Å². The number of benzene rings is 2. The second-order valence-corrected chi connectivity index (χ2v) is 10.3. The fourth-order valence-electron chi connectivity index (χ4n) is 4.69. The number of carbonyl (C=O) groups is 1. The van der Waals surface area contributed by atoms with Gasteiger partial charge >= 0.3 is 0 Å². The van der Waals surface area contributed by atoms with Gasteiger partial charge in [0.2, 0.25) is 0 Å². The van der Waals surface area contributed by atoms with Crippen molar-refractivity contribution >= 4 is 34.8 Å². The van der Waals surface area contributed by atoms with Crippen LogP contribution in [0.3, 0.4) is 0 Å². The zero-order valence-corrected chi connectivity index (χ0v) is 22.5. The summed E-state index contributed by atoms with van der Waals surface area (Å²) in [6.45, 7) is 3.97. The lowest BCUT2D eigenvalue weighted by atomic mass is 9.97. The summed E-state index contributed by atoms with van der Waals surface area (Å²) in [5.74, 6) is -0.332. The van der Waals surface area contributed by atoms with Crippen molar-refractivity contribution in [2.24, 2.45) is 0 Å². The third-order valence-electron chi connectivity index (χ3n) is 6.61. The number of piperazine rings is 1. The minimum atomic E-state index is -1.26. The molecule has 0 spiro atoms. The zero-order chi connectivity index (χ0) is 27.3. The Hall–Kier alpha value is -3.19. The smallest absolute Gasteiger partial charge is 0.252 e. The second-order valence-electron chi connectivity index (χ2n) is 9.46. The monoisotopic (exact) mass is 553 g/mol. The first-order chi connectivity index (χ1) is 18.2. The van der Waals surface area contributed by atoms with E-state index in [0.29, 0.717) is 53.0 Å². The molecule has 10 heteroatoms. The molecule has 1 aliphatic heterocycles. The number of aliphatic hydroxyl groups excluding tert-OH is 1. The van der Waals surface area contributed by atoms with E-state index in [1.165, 1.54) is 6.20 Å². The number of β-amino-alcohol motifs (C(OH)–C–C–N with tert-alkyl or cyclic N) is 1. The number of nitrogens with one attached hydrogen (secondary N) is 1. The van der Waals surface area contributed by atoms with Gasteiger partial charge < -0.3 is 20.4 Å². The Bertz CT molecular complexity index is 1310. The van der Waals surface area contributed by atoms with Gasteiger partial charge in [0, 0.05) is 43.9 Å². The molecule has 0 saturated carbocycles. The highest BCUT2D eigenvalue weighted by atomic mass is 35.5. The molecule has 3 N–H and O–H groups in total. The standard InChI is InChI=1S/C28H29Cl2N5O3/c1-28(38,26-9-5-21(16-33-26)27(37)32-10-13-36)18-34-11-12-35(24-8-2-19(15-31)14-23(24)30)25(17-34)20-3-6-22(29)7-4-20/h2-9,14,16,25,36,38H,10-13,17-18H2,1H3,(H,32,37)/t25-,28+/m0/s1. The minimum absolute atomic E-state index is 0.0761. The van der Waals surface area contributed by atoms with Crippen LogP contribution in [0.5, 0.6) is 0 Å². The van der Waals surface area contributed by atoms with Crippen molar-refractivity contribution < 1.29 is 15.0 Å². The molecule has 1 saturated heterocycles. The van der Waals surface area contributed by atoms with Crippen LogP contribution in [0, 0.1) is 11.3 Å².